The third-order valence-corrected chi connectivity index (χ3v) is 2.58. The highest BCUT2D eigenvalue weighted by Gasteiger charge is 2.17. The van der Waals surface area contributed by atoms with Gasteiger partial charge >= 0.3 is 0 Å². The van der Waals surface area contributed by atoms with Crippen LogP contribution < -0.4 is 5.32 Å². The van der Waals surface area contributed by atoms with Gasteiger partial charge in [0.2, 0.25) is 0 Å². The largest absolute Gasteiger partial charge is 0.311 e. The lowest BCUT2D eigenvalue weighted by atomic mass is 10.1. The van der Waals surface area contributed by atoms with Gasteiger partial charge in [0.1, 0.15) is 0 Å². The molecule has 0 radical (unpaired) electrons. The van der Waals surface area contributed by atoms with Crippen LogP contribution in [-0.2, 0) is 0 Å². The maximum atomic E-state index is 12.0. The van der Waals surface area contributed by atoms with E-state index in [1.54, 1.807) is 0 Å². The molecule has 0 aromatic rings. The smallest absolute Gasteiger partial charge is 0.0906 e. The van der Waals surface area contributed by atoms with Crippen molar-refractivity contribution in [3.05, 3.63) is 0 Å². The van der Waals surface area contributed by atoms with E-state index in [1.807, 2.05) is 0 Å². The first-order chi connectivity index (χ1) is 6.36. The normalized spacial score (nSPS) is 24.9. The van der Waals surface area contributed by atoms with Gasteiger partial charge in [0.05, 0.1) is 6.67 Å². The second kappa shape index (κ2) is 6.33. The summed E-state index contributed by atoms with van der Waals surface area (Å²) < 4.78 is 12.0. The molecule has 0 spiro atoms. The van der Waals surface area contributed by atoms with Crippen molar-refractivity contribution in [1.82, 2.24) is 10.2 Å². The molecule has 0 aromatic carbocycles. The number of nitrogens with zero attached hydrogens (tertiary/aromatic N) is 1. The minimum atomic E-state index is -0.178. The van der Waals surface area contributed by atoms with E-state index in [2.05, 4.69) is 17.1 Å². The molecule has 2 nitrogen and oxygen atoms in total. The third kappa shape index (κ3) is 4.05. The minimum absolute atomic E-state index is 0.178. The average molecular weight is 188 g/mol. The molecule has 1 aliphatic rings. The monoisotopic (exact) mass is 188 g/mol. The van der Waals surface area contributed by atoms with Gasteiger partial charge in [-0.3, -0.25) is 4.39 Å². The van der Waals surface area contributed by atoms with Gasteiger partial charge in [0.15, 0.2) is 0 Å². The zero-order valence-corrected chi connectivity index (χ0v) is 8.56. The lowest BCUT2D eigenvalue weighted by Gasteiger charge is -2.33. The van der Waals surface area contributed by atoms with Gasteiger partial charge < -0.3 is 10.2 Å². The van der Waals surface area contributed by atoms with Crippen LogP contribution in [0.2, 0.25) is 0 Å². The van der Waals surface area contributed by atoms with Gasteiger partial charge in [-0.1, -0.05) is 13.3 Å². The Kier molecular flexibility index (Phi) is 5.32. The third-order valence-electron chi connectivity index (χ3n) is 2.58. The molecule has 3 heteroatoms. The molecule has 1 N–H and O–H groups in total. The Morgan fingerprint density at radius 3 is 3.08 bits per heavy atom. The fourth-order valence-corrected chi connectivity index (χ4v) is 1.92. The van der Waals surface area contributed by atoms with Crippen LogP contribution in [0.15, 0.2) is 0 Å². The first-order valence-corrected chi connectivity index (χ1v) is 5.38. The number of hydrogen-bond donors (Lipinski definition) is 1. The van der Waals surface area contributed by atoms with Crippen LogP contribution in [0.1, 0.15) is 26.2 Å². The summed E-state index contributed by atoms with van der Waals surface area (Å²) in [4.78, 5) is 2.37. The van der Waals surface area contributed by atoms with Crippen molar-refractivity contribution in [3.63, 3.8) is 0 Å². The van der Waals surface area contributed by atoms with Crippen molar-refractivity contribution < 1.29 is 4.39 Å². The van der Waals surface area contributed by atoms with Gasteiger partial charge in [-0.15, -0.1) is 0 Å². The molecule has 1 fully saturated rings. The zero-order chi connectivity index (χ0) is 9.52. The van der Waals surface area contributed by atoms with Gasteiger partial charge in [-0.05, 0) is 12.8 Å². The van der Waals surface area contributed by atoms with Gasteiger partial charge in [0, 0.05) is 32.2 Å². The molecule has 0 aliphatic carbocycles. The predicted octanol–water partition coefficient (Wildman–Crippen LogP) is 1.42. The number of nitrogens with one attached hydrogen (secondary N) is 1. The van der Waals surface area contributed by atoms with E-state index in [4.69, 9.17) is 0 Å². The molecule has 1 saturated heterocycles. The molecule has 1 aliphatic heterocycles. The summed E-state index contributed by atoms with van der Waals surface area (Å²) in [6.07, 6.45) is 3.17. The molecule has 1 heterocycles. The number of piperazine rings is 1. The highest BCUT2D eigenvalue weighted by atomic mass is 19.1. The second-order valence-corrected chi connectivity index (χ2v) is 3.78. The number of rotatable bonds is 5. The Morgan fingerprint density at radius 1 is 1.54 bits per heavy atom. The molecule has 1 atom stereocenters. The van der Waals surface area contributed by atoms with Crippen molar-refractivity contribution >= 4 is 0 Å². The molecule has 0 saturated carbocycles. The minimum Gasteiger partial charge on any atom is -0.311 e. The Bertz CT molecular complexity index is 128. The standard InChI is InChI=1S/C10H21FN2/c1-2-4-10-9-13(7-3-5-11)8-6-12-10/h10,12H,2-9H2,1H3. The van der Waals surface area contributed by atoms with Crippen LogP contribution in [0.5, 0.6) is 0 Å². The van der Waals surface area contributed by atoms with Crippen molar-refractivity contribution in [2.24, 2.45) is 0 Å². The summed E-state index contributed by atoms with van der Waals surface area (Å²) in [7, 11) is 0. The maximum absolute atomic E-state index is 12.0. The zero-order valence-electron chi connectivity index (χ0n) is 8.56. The lowest BCUT2D eigenvalue weighted by molar-refractivity contribution is 0.187. The molecular formula is C10H21FN2. The molecule has 1 unspecified atom stereocenters. The highest BCUT2D eigenvalue weighted by molar-refractivity contribution is 4.77. The first-order valence-electron chi connectivity index (χ1n) is 5.38. The fraction of sp³-hybridized carbons (Fsp3) is 1.00. The van der Waals surface area contributed by atoms with Gasteiger partial charge in [-0.2, -0.15) is 0 Å². The summed E-state index contributed by atoms with van der Waals surface area (Å²) in [5.41, 5.74) is 0. The molecule has 1 rings (SSSR count). The Labute approximate surface area is 80.5 Å². The topological polar surface area (TPSA) is 15.3 Å². The van der Waals surface area contributed by atoms with Crippen molar-refractivity contribution in [2.45, 2.75) is 32.2 Å². The van der Waals surface area contributed by atoms with Crippen molar-refractivity contribution in [2.75, 3.05) is 32.9 Å². The Balaban J connectivity index is 2.16. The van der Waals surface area contributed by atoms with Crippen LogP contribution in [0.25, 0.3) is 0 Å². The van der Waals surface area contributed by atoms with Gasteiger partial charge in [0.25, 0.3) is 0 Å². The Hall–Kier alpha value is -0.150. The van der Waals surface area contributed by atoms with Crippen molar-refractivity contribution in [3.8, 4) is 0 Å². The summed E-state index contributed by atoms with van der Waals surface area (Å²) in [5.74, 6) is 0. The molecular weight excluding hydrogens is 167 g/mol. The van der Waals surface area contributed by atoms with Crippen LogP contribution >= 0.6 is 0 Å². The summed E-state index contributed by atoms with van der Waals surface area (Å²) >= 11 is 0. The molecule has 0 amide bonds. The summed E-state index contributed by atoms with van der Waals surface area (Å²) in [6.45, 7) is 6.22. The van der Waals surface area contributed by atoms with E-state index in [1.165, 1.54) is 12.8 Å². The summed E-state index contributed by atoms with van der Waals surface area (Å²) in [6, 6.07) is 0.637. The fourth-order valence-electron chi connectivity index (χ4n) is 1.92. The summed E-state index contributed by atoms with van der Waals surface area (Å²) in [5, 5.41) is 3.49. The molecule has 0 bridgehead atoms. The van der Waals surface area contributed by atoms with E-state index in [0.717, 1.165) is 26.2 Å². The van der Waals surface area contributed by atoms with Crippen molar-refractivity contribution in [1.29, 1.82) is 0 Å². The lowest BCUT2D eigenvalue weighted by Crippen LogP contribution is -2.50. The molecule has 0 aromatic heterocycles. The van der Waals surface area contributed by atoms with Crippen LogP contribution in [0.3, 0.4) is 0 Å². The highest BCUT2D eigenvalue weighted by Crippen LogP contribution is 2.05. The predicted molar refractivity (Wildman–Crippen MR) is 53.7 cm³/mol. The number of hydrogen-bond acceptors (Lipinski definition) is 2. The average Bonchev–Trinajstić information content (AvgIpc) is 2.16. The van der Waals surface area contributed by atoms with Crippen LogP contribution in [0.4, 0.5) is 4.39 Å². The van der Waals surface area contributed by atoms with Gasteiger partial charge in [-0.25, -0.2) is 0 Å². The van der Waals surface area contributed by atoms with E-state index in [-0.39, 0.29) is 6.67 Å². The number of alkyl halides is 1. The number of halogens is 1. The van der Waals surface area contributed by atoms with E-state index >= 15 is 0 Å². The first kappa shape index (κ1) is 10.9. The Morgan fingerprint density at radius 2 is 2.38 bits per heavy atom. The van der Waals surface area contributed by atoms with E-state index in [0.29, 0.717) is 12.5 Å². The maximum Gasteiger partial charge on any atom is 0.0906 e. The molecule has 13 heavy (non-hydrogen) atoms. The van der Waals surface area contributed by atoms with E-state index in [9.17, 15) is 4.39 Å². The second-order valence-electron chi connectivity index (χ2n) is 3.78. The van der Waals surface area contributed by atoms with E-state index < -0.39 is 0 Å². The van der Waals surface area contributed by atoms with Crippen LogP contribution in [0, 0.1) is 0 Å². The quantitative estimate of drug-likeness (QED) is 0.702. The van der Waals surface area contributed by atoms with Crippen LogP contribution in [-0.4, -0.2) is 43.8 Å². The SMILES string of the molecule is CCCC1CN(CCCF)CCN1. The molecule has 78 valence electrons.